The van der Waals surface area contributed by atoms with E-state index >= 15 is 0 Å². The molecule has 0 saturated carbocycles. The Balaban J connectivity index is 3.06. The number of methoxy groups -OCH3 is 1. The van der Waals surface area contributed by atoms with Crippen LogP contribution in [0.4, 0.5) is 0 Å². The van der Waals surface area contributed by atoms with Gasteiger partial charge in [-0.2, -0.15) is 0 Å². The maximum absolute atomic E-state index is 10.6. The number of aryl methyl sites for hydroxylation is 1. The van der Waals surface area contributed by atoms with Gasteiger partial charge in [0.05, 0.1) is 7.11 Å². The highest BCUT2D eigenvalue weighted by Gasteiger charge is 2.20. The summed E-state index contributed by atoms with van der Waals surface area (Å²) in [6, 6.07) is 6.06. The zero-order chi connectivity index (χ0) is 11.5. The van der Waals surface area contributed by atoms with Gasteiger partial charge in [0.15, 0.2) is 0 Å². The smallest absolute Gasteiger partial charge is 0.121 e. The van der Waals surface area contributed by atoms with Crippen molar-refractivity contribution in [1.82, 2.24) is 0 Å². The van der Waals surface area contributed by atoms with Gasteiger partial charge in [0.25, 0.3) is 0 Å². The lowest BCUT2D eigenvalue weighted by Gasteiger charge is -2.23. The van der Waals surface area contributed by atoms with E-state index in [1.54, 1.807) is 7.11 Å². The first kappa shape index (κ1) is 11.8. The van der Waals surface area contributed by atoms with Crippen molar-refractivity contribution < 1.29 is 9.53 Å². The van der Waals surface area contributed by atoms with Crippen LogP contribution in [0, 0.1) is 6.92 Å². The Labute approximate surface area is 91.3 Å². The predicted molar refractivity (Wildman–Crippen MR) is 61.4 cm³/mol. The Morgan fingerprint density at radius 3 is 2.53 bits per heavy atom. The van der Waals surface area contributed by atoms with E-state index in [1.807, 2.05) is 19.1 Å². The maximum atomic E-state index is 10.6. The molecule has 0 aliphatic heterocycles. The summed E-state index contributed by atoms with van der Waals surface area (Å²) in [7, 11) is 1.67. The van der Waals surface area contributed by atoms with E-state index in [1.165, 1.54) is 5.56 Å². The standard InChI is InChI=1S/C13H18O2/c1-10-9-11(5-6-12(10)15-4)13(2,3)7-8-14/h5-6,8-9H,7H2,1-4H3. The Bertz CT molecular complexity index is 354. The minimum atomic E-state index is -0.0984. The van der Waals surface area contributed by atoms with Crippen LogP contribution >= 0.6 is 0 Å². The van der Waals surface area contributed by atoms with Crippen molar-refractivity contribution in [2.45, 2.75) is 32.6 Å². The molecule has 0 bridgehead atoms. The molecule has 0 N–H and O–H groups in total. The lowest BCUT2D eigenvalue weighted by Crippen LogP contribution is -2.17. The number of benzene rings is 1. The molecule has 15 heavy (non-hydrogen) atoms. The third kappa shape index (κ3) is 2.58. The van der Waals surface area contributed by atoms with Gasteiger partial charge < -0.3 is 9.53 Å². The molecular weight excluding hydrogens is 188 g/mol. The van der Waals surface area contributed by atoms with E-state index < -0.39 is 0 Å². The van der Waals surface area contributed by atoms with Gasteiger partial charge in [-0.1, -0.05) is 26.0 Å². The van der Waals surface area contributed by atoms with Crippen LogP contribution in [0.25, 0.3) is 0 Å². The van der Waals surface area contributed by atoms with Crippen LogP contribution < -0.4 is 4.74 Å². The number of hydrogen-bond donors (Lipinski definition) is 0. The van der Waals surface area contributed by atoms with Crippen LogP contribution in [-0.4, -0.2) is 13.4 Å². The van der Waals surface area contributed by atoms with Crippen molar-refractivity contribution in [2.75, 3.05) is 7.11 Å². The quantitative estimate of drug-likeness (QED) is 0.708. The summed E-state index contributed by atoms with van der Waals surface area (Å²) in [6.07, 6.45) is 1.51. The number of carbonyl (C=O) groups excluding carboxylic acids is 1. The highest BCUT2D eigenvalue weighted by Crippen LogP contribution is 2.29. The van der Waals surface area contributed by atoms with Crippen molar-refractivity contribution in [2.24, 2.45) is 0 Å². The molecule has 0 saturated heterocycles. The Kier molecular flexibility index (Phi) is 3.51. The molecule has 0 aliphatic rings. The number of ether oxygens (including phenoxy) is 1. The number of aldehydes is 1. The second-order valence-electron chi connectivity index (χ2n) is 4.44. The lowest BCUT2D eigenvalue weighted by molar-refractivity contribution is -0.108. The van der Waals surface area contributed by atoms with Gasteiger partial charge in [0.2, 0.25) is 0 Å². The highest BCUT2D eigenvalue weighted by molar-refractivity contribution is 5.53. The summed E-state index contributed by atoms with van der Waals surface area (Å²) >= 11 is 0. The van der Waals surface area contributed by atoms with E-state index in [2.05, 4.69) is 19.9 Å². The van der Waals surface area contributed by atoms with Crippen molar-refractivity contribution >= 4 is 6.29 Å². The largest absolute Gasteiger partial charge is 0.496 e. The molecule has 1 aromatic rings. The number of rotatable bonds is 4. The first-order valence-electron chi connectivity index (χ1n) is 5.10. The van der Waals surface area contributed by atoms with Crippen molar-refractivity contribution in [1.29, 1.82) is 0 Å². The van der Waals surface area contributed by atoms with Crippen molar-refractivity contribution in [3.05, 3.63) is 29.3 Å². The minimum absolute atomic E-state index is 0.0984. The molecule has 0 fully saturated rings. The van der Waals surface area contributed by atoms with Gasteiger partial charge in [-0.25, -0.2) is 0 Å². The summed E-state index contributed by atoms with van der Waals surface area (Å²) in [6.45, 7) is 6.16. The molecule has 0 aromatic heterocycles. The summed E-state index contributed by atoms with van der Waals surface area (Å²) in [5.74, 6) is 0.889. The van der Waals surface area contributed by atoms with Gasteiger partial charge in [-0.05, 0) is 29.5 Å². The molecule has 0 spiro atoms. The zero-order valence-electron chi connectivity index (χ0n) is 9.83. The summed E-state index contributed by atoms with van der Waals surface area (Å²) < 4.78 is 5.20. The van der Waals surface area contributed by atoms with Crippen LogP contribution in [-0.2, 0) is 10.2 Å². The first-order valence-corrected chi connectivity index (χ1v) is 5.10. The molecule has 0 unspecified atom stereocenters. The topological polar surface area (TPSA) is 26.3 Å². The second-order valence-corrected chi connectivity index (χ2v) is 4.44. The molecule has 2 heteroatoms. The van der Waals surface area contributed by atoms with E-state index in [-0.39, 0.29) is 5.41 Å². The van der Waals surface area contributed by atoms with E-state index in [0.717, 1.165) is 17.6 Å². The fraction of sp³-hybridized carbons (Fsp3) is 0.462. The lowest BCUT2D eigenvalue weighted by atomic mass is 9.81. The molecule has 0 radical (unpaired) electrons. The molecule has 0 aliphatic carbocycles. The minimum Gasteiger partial charge on any atom is -0.496 e. The van der Waals surface area contributed by atoms with Crippen LogP contribution in [0.15, 0.2) is 18.2 Å². The fourth-order valence-electron chi connectivity index (χ4n) is 1.63. The molecule has 82 valence electrons. The molecule has 1 rings (SSSR count). The third-order valence-corrected chi connectivity index (χ3v) is 2.77. The fourth-order valence-corrected chi connectivity index (χ4v) is 1.63. The average Bonchev–Trinajstić information content (AvgIpc) is 2.17. The second kappa shape index (κ2) is 4.47. The number of hydrogen-bond acceptors (Lipinski definition) is 2. The molecule has 2 nitrogen and oxygen atoms in total. The van der Waals surface area contributed by atoms with E-state index in [0.29, 0.717) is 6.42 Å². The molecule has 0 heterocycles. The van der Waals surface area contributed by atoms with Crippen molar-refractivity contribution in [3.8, 4) is 5.75 Å². The van der Waals surface area contributed by atoms with Crippen LogP contribution in [0.2, 0.25) is 0 Å². The van der Waals surface area contributed by atoms with Gasteiger partial charge in [-0.15, -0.1) is 0 Å². The van der Waals surface area contributed by atoms with Gasteiger partial charge in [-0.3, -0.25) is 0 Å². The normalized spacial score (nSPS) is 11.2. The van der Waals surface area contributed by atoms with Crippen LogP contribution in [0.1, 0.15) is 31.4 Å². The Morgan fingerprint density at radius 1 is 1.40 bits per heavy atom. The van der Waals surface area contributed by atoms with E-state index in [9.17, 15) is 4.79 Å². The zero-order valence-corrected chi connectivity index (χ0v) is 9.83. The predicted octanol–water partition coefficient (Wildman–Crippen LogP) is 2.87. The van der Waals surface area contributed by atoms with Gasteiger partial charge in [0, 0.05) is 6.42 Å². The van der Waals surface area contributed by atoms with Gasteiger partial charge in [0.1, 0.15) is 12.0 Å². The molecular formula is C13H18O2. The molecule has 0 amide bonds. The average molecular weight is 206 g/mol. The summed E-state index contributed by atoms with van der Waals surface area (Å²) in [5.41, 5.74) is 2.18. The van der Waals surface area contributed by atoms with Crippen LogP contribution in [0.5, 0.6) is 5.75 Å². The maximum Gasteiger partial charge on any atom is 0.121 e. The summed E-state index contributed by atoms with van der Waals surface area (Å²) in [4.78, 5) is 10.6. The van der Waals surface area contributed by atoms with Crippen molar-refractivity contribution in [3.63, 3.8) is 0 Å². The molecule has 1 aromatic carbocycles. The van der Waals surface area contributed by atoms with Crippen LogP contribution in [0.3, 0.4) is 0 Å². The van der Waals surface area contributed by atoms with E-state index in [4.69, 9.17) is 4.74 Å². The SMILES string of the molecule is COc1ccc(C(C)(C)CC=O)cc1C. The Morgan fingerprint density at radius 2 is 2.07 bits per heavy atom. The monoisotopic (exact) mass is 206 g/mol. The molecule has 0 atom stereocenters. The third-order valence-electron chi connectivity index (χ3n) is 2.77. The first-order chi connectivity index (χ1) is 7.01. The number of carbonyl (C=O) groups is 1. The van der Waals surface area contributed by atoms with Gasteiger partial charge >= 0.3 is 0 Å². The summed E-state index contributed by atoms with van der Waals surface area (Å²) in [5, 5.41) is 0. The highest BCUT2D eigenvalue weighted by atomic mass is 16.5. The Hall–Kier alpha value is -1.31.